The summed E-state index contributed by atoms with van der Waals surface area (Å²) < 4.78 is 44.3. The van der Waals surface area contributed by atoms with E-state index in [9.17, 15) is 18.0 Å². The zero-order chi connectivity index (χ0) is 27.3. The van der Waals surface area contributed by atoms with Crippen molar-refractivity contribution in [2.75, 3.05) is 36.4 Å². The van der Waals surface area contributed by atoms with Crippen LogP contribution in [0.2, 0.25) is 0 Å². The Morgan fingerprint density at radius 3 is 2.56 bits per heavy atom. The third-order valence-corrected chi connectivity index (χ3v) is 7.46. The number of alkyl halides is 3. The van der Waals surface area contributed by atoms with Crippen molar-refractivity contribution in [3.63, 3.8) is 0 Å². The molecular weight excluding hydrogens is 507 g/mol. The Kier molecular flexibility index (Phi) is 6.17. The Morgan fingerprint density at radius 2 is 1.82 bits per heavy atom. The van der Waals surface area contributed by atoms with Crippen LogP contribution in [0, 0.1) is 0 Å². The smallest absolute Gasteiger partial charge is 0.368 e. The molecule has 8 nitrogen and oxygen atoms in total. The van der Waals surface area contributed by atoms with Crippen molar-refractivity contribution in [1.29, 1.82) is 0 Å². The van der Waals surface area contributed by atoms with Gasteiger partial charge in [-0.25, -0.2) is 9.97 Å². The predicted molar refractivity (Wildman–Crippen MR) is 143 cm³/mol. The summed E-state index contributed by atoms with van der Waals surface area (Å²) in [7, 11) is 0. The van der Waals surface area contributed by atoms with Crippen LogP contribution in [0.4, 0.5) is 30.4 Å². The molecule has 0 unspecified atom stereocenters. The van der Waals surface area contributed by atoms with Gasteiger partial charge in [-0.3, -0.25) is 14.1 Å². The summed E-state index contributed by atoms with van der Waals surface area (Å²) in [5, 5.41) is 5.86. The van der Waals surface area contributed by atoms with Crippen molar-refractivity contribution in [3.05, 3.63) is 71.7 Å². The molecule has 1 fully saturated rings. The molecule has 2 aliphatic rings. The molecule has 0 atom stereocenters. The van der Waals surface area contributed by atoms with Gasteiger partial charge in [-0.2, -0.15) is 13.2 Å². The lowest BCUT2D eigenvalue weighted by atomic mass is 10.0. The molecule has 1 saturated heterocycles. The van der Waals surface area contributed by atoms with Crippen LogP contribution in [0.3, 0.4) is 0 Å². The van der Waals surface area contributed by atoms with Crippen molar-refractivity contribution < 1.29 is 18.0 Å². The van der Waals surface area contributed by atoms with Crippen LogP contribution in [0.1, 0.15) is 35.3 Å². The highest BCUT2D eigenvalue weighted by atomic mass is 19.4. The Labute approximate surface area is 223 Å². The highest BCUT2D eigenvalue weighted by Crippen LogP contribution is 2.39. The molecule has 202 valence electrons. The van der Waals surface area contributed by atoms with E-state index in [2.05, 4.69) is 39.3 Å². The van der Waals surface area contributed by atoms with Gasteiger partial charge in [0.15, 0.2) is 11.5 Å². The van der Waals surface area contributed by atoms with Gasteiger partial charge in [-0.05, 0) is 49.7 Å². The number of fused-ring (bicyclic) bond motifs is 2. The lowest BCUT2D eigenvalue weighted by Crippen LogP contribution is -2.49. The van der Waals surface area contributed by atoms with Gasteiger partial charge in [0, 0.05) is 73.7 Å². The lowest BCUT2D eigenvalue weighted by Gasteiger charge is -2.39. The van der Waals surface area contributed by atoms with Crippen molar-refractivity contribution in [1.82, 2.24) is 24.6 Å². The summed E-state index contributed by atoms with van der Waals surface area (Å²) >= 11 is 0. The molecule has 1 amide bonds. The number of nitrogens with zero attached hydrogens (tertiary/aromatic N) is 5. The Hall–Kier alpha value is -4.12. The third kappa shape index (κ3) is 4.67. The van der Waals surface area contributed by atoms with E-state index < -0.39 is 11.7 Å². The number of halogens is 3. The van der Waals surface area contributed by atoms with E-state index in [1.807, 2.05) is 21.4 Å². The minimum atomic E-state index is -4.51. The Balaban J connectivity index is 1.30. The number of carbonyl (C=O) groups is 1. The number of imidazole rings is 1. The molecule has 2 aliphatic heterocycles. The normalized spacial score (nSPS) is 16.2. The van der Waals surface area contributed by atoms with E-state index >= 15 is 0 Å². The van der Waals surface area contributed by atoms with Gasteiger partial charge in [-0.15, -0.1) is 0 Å². The number of aromatic nitrogens is 3. The number of piperazine rings is 1. The summed E-state index contributed by atoms with van der Waals surface area (Å²) in [4.78, 5) is 24.9. The van der Waals surface area contributed by atoms with Gasteiger partial charge in [0.25, 0.3) is 5.91 Å². The fourth-order valence-corrected chi connectivity index (χ4v) is 5.34. The van der Waals surface area contributed by atoms with E-state index in [0.29, 0.717) is 42.7 Å². The van der Waals surface area contributed by atoms with Crippen LogP contribution in [0.25, 0.3) is 16.9 Å². The topological polar surface area (TPSA) is 77.8 Å². The highest BCUT2D eigenvalue weighted by molar-refractivity contribution is 5.98. The Morgan fingerprint density at radius 1 is 1.03 bits per heavy atom. The zero-order valence-electron chi connectivity index (χ0n) is 21.6. The first-order valence-corrected chi connectivity index (χ1v) is 12.9. The van der Waals surface area contributed by atoms with E-state index in [4.69, 9.17) is 0 Å². The molecule has 0 spiro atoms. The molecule has 0 aliphatic carbocycles. The SMILES string of the molecule is CC(C)N1CCN(c2ccc(Nc3ncc(-c4ccc5c(c4)CNC5=O)n4ccnc34)cc2C(F)(F)F)CC1. The van der Waals surface area contributed by atoms with Gasteiger partial charge in [0.05, 0.1) is 17.5 Å². The zero-order valence-corrected chi connectivity index (χ0v) is 21.6. The van der Waals surface area contributed by atoms with Gasteiger partial charge < -0.3 is 15.5 Å². The van der Waals surface area contributed by atoms with Gasteiger partial charge >= 0.3 is 6.18 Å². The van der Waals surface area contributed by atoms with Crippen LogP contribution in [0.15, 0.2) is 55.0 Å². The largest absolute Gasteiger partial charge is 0.418 e. The van der Waals surface area contributed by atoms with Crippen LogP contribution in [-0.4, -0.2) is 57.4 Å². The molecule has 11 heteroatoms. The maximum Gasteiger partial charge on any atom is 0.418 e. The molecule has 6 rings (SSSR count). The molecular formula is C28H28F3N7O. The maximum absolute atomic E-state index is 14.2. The number of hydrogen-bond donors (Lipinski definition) is 2. The van der Waals surface area contributed by atoms with E-state index in [1.165, 1.54) is 6.07 Å². The molecule has 4 aromatic rings. The molecule has 2 aromatic carbocycles. The molecule has 39 heavy (non-hydrogen) atoms. The third-order valence-electron chi connectivity index (χ3n) is 7.46. The number of rotatable bonds is 5. The number of amides is 1. The van der Waals surface area contributed by atoms with Crippen molar-refractivity contribution >= 4 is 28.7 Å². The molecule has 0 radical (unpaired) electrons. The van der Waals surface area contributed by atoms with E-state index in [1.54, 1.807) is 30.7 Å². The van der Waals surface area contributed by atoms with Gasteiger partial charge in [0.1, 0.15) is 0 Å². The van der Waals surface area contributed by atoms with Gasteiger partial charge in [0.2, 0.25) is 0 Å². The predicted octanol–water partition coefficient (Wildman–Crippen LogP) is 4.93. The fraction of sp³-hybridized carbons (Fsp3) is 0.321. The highest BCUT2D eigenvalue weighted by Gasteiger charge is 2.36. The molecule has 0 bridgehead atoms. The first-order chi connectivity index (χ1) is 18.7. The van der Waals surface area contributed by atoms with Crippen LogP contribution < -0.4 is 15.5 Å². The quantitative estimate of drug-likeness (QED) is 0.377. The minimum Gasteiger partial charge on any atom is -0.368 e. The summed E-state index contributed by atoms with van der Waals surface area (Å²) in [6.07, 6.45) is 0.530. The standard InChI is InChI=1S/C28H28F3N7O/c1-17(2)36-9-11-37(12-10-36)23-6-4-20(14-22(23)28(29,30)31)35-25-26-32-7-8-38(26)24(16-33-25)18-3-5-21-19(13-18)15-34-27(21)39/h3-8,13-14,16-17H,9-12,15H2,1-2H3,(H,33,35)(H,34,39). The molecule has 2 aromatic heterocycles. The minimum absolute atomic E-state index is 0.0935. The first-order valence-electron chi connectivity index (χ1n) is 12.9. The summed E-state index contributed by atoms with van der Waals surface area (Å²) in [6, 6.07) is 10.3. The Bertz CT molecular complexity index is 1550. The average molecular weight is 536 g/mol. The van der Waals surface area contributed by atoms with E-state index in [-0.39, 0.29) is 17.3 Å². The first kappa shape index (κ1) is 25.2. The fourth-order valence-electron chi connectivity index (χ4n) is 5.34. The van der Waals surface area contributed by atoms with Crippen LogP contribution in [0.5, 0.6) is 0 Å². The summed E-state index contributed by atoms with van der Waals surface area (Å²) in [5.41, 5.74) is 3.42. The van der Waals surface area contributed by atoms with Crippen LogP contribution >= 0.6 is 0 Å². The second kappa shape index (κ2) is 9.57. The number of benzene rings is 2. The number of carbonyl (C=O) groups excluding carboxylic acids is 1. The number of nitrogens with one attached hydrogen (secondary N) is 2. The van der Waals surface area contributed by atoms with E-state index in [0.717, 1.165) is 36.0 Å². The second-order valence-electron chi connectivity index (χ2n) is 10.1. The second-order valence-corrected chi connectivity index (χ2v) is 10.1. The lowest BCUT2D eigenvalue weighted by molar-refractivity contribution is -0.137. The number of anilines is 3. The van der Waals surface area contributed by atoms with Crippen molar-refractivity contribution in [2.45, 2.75) is 32.6 Å². The molecule has 4 heterocycles. The average Bonchev–Trinajstić information content (AvgIpc) is 3.56. The monoisotopic (exact) mass is 535 g/mol. The maximum atomic E-state index is 14.2. The summed E-state index contributed by atoms with van der Waals surface area (Å²) in [5.74, 6) is 0.247. The van der Waals surface area contributed by atoms with Crippen LogP contribution in [-0.2, 0) is 12.7 Å². The number of hydrogen-bond acceptors (Lipinski definition) is 6. The van der Waals surface area contributed by atoms with Gasteiger partial charge in [-0.1, -0.05) is 6.07 Å². The summed E-state index contributed by atoms with van der Waals surface area (Å²) in [6.45, 7) is 7.19. The van der Waals surface area contributed by atoms with Crippen molar-refractivity contribution in [3.8, 4) is 11.3 Å². The molecule has 2 N–H and O–H groups in total. The molecule has 0 saturated carbocycles. The van der Waals surface area contributed by atoms with Crippen molar-refractivity contribution in [2.24, 2.45) is 0 Å².